The summed E-state index contributed by atoms with van der Waals surface area (Å²) >= 11 is 0. The molecule has 0 unspecified atom stereocenters. The molecule has 1 rings (SSSR count). The van der Waals surface area contributed by atoms with Crippen molar-refractivity contribution in [2.75, 3.05) is 14.2 Å². The van der Waals surface area contributed by atoms with Gasteiger partial charge in [-0.1, -0.05) is 12.7 Å². The van der Waals surface area contributed by atoms with Crippen molar-refractivity contribution in [3.05, 3.63) is 43.2 Å². The molecule has 0 heterocycles. The summed E-state index contributed by atoms with van der Waals surface area (Å²) < 4.78 is 15.7. The van der Waals surface area contributed by atoms with E-state index in [1.165, 1.54) is 6.26 Å². The smallest absolute Gasteiger partial charge is 0.164 e. The number of benzene rings is 1. The monoisotopic (exact) mass is 220 g/mol. The molecule has 1 aromatic carbocycles. The molecule has 0 saturated carbocycles. The highest BCUT2D eigenvalue weighted by molar-refractivity contribution is 5.51. The van der Waals surface area contributed by atoms with Gasteiger partial charge in [-0.25, -0.2) is 0 Å². The number of methoxy groups -OCH3 is 2. The lowest BCUT2D eigenvalue weighted by Crippen LogP contribution is -1.95. The van der Waals surface area contributed by atoms with E-state index in [-0.39, 0.29) is 0 Å². The highest BCUT2D eigenvalue weighted by atomic mass is 16.5. The molecule has 1 aromatic rings. The van der Waals surface area contributed by atoms with Gasteiger partial charge in [-0.3, -0.25) is 0 Å². The van der Waals surface area contributed by atoms with Gasteiger partial charge >= 0.3 is 0 Å². The van der Waals surface area contributed by atoms with Crippen LogP contribution in [0.1, 0.15) is 5.56 Å². The van der Waals surface area contributed by atoms with Gasteiger partial charge in [-0.15, -0.1) is 6.58 Å². The van der Waals surface area contributed by atoms with Crippen LogP contribution in [0, 0.1) is 0 Å². The van der Waals surface area contributed by atoms with Gasteiger partial charge in [0.2, 0.25) is 0 Å². The summed E-state index contributed by atoms with van der Waals surface area (Å²) in [5.74, 6) is 2.01. The van der Waals surface area contributed by atoms with Crippen molar-refractivity contribution < 1.29 is 14.2 Å². The van der Waals surface area contributed by atoms with Gasteiger partial charge in [0.05, 0.1) is 20.5 Å². The van der Waals surface area contributed by atoms with E-state index in [9.17, 15) is 0 Å². The Labute approximate surface area is 95.9 Å². The Morgan fingerprint density at radius 1 is 1.06 bits per heavy atom. The van der Waals surface area contributed by atoms with Gasteiger partial charge in [-0.05, 0) is 12.5 Å². The van der Waals surface area contributed by atoms with Crippen molar-refractivity contribution in [1.82, 2.24) is 0 Å². The third-order valence-corrected chi connectivity index (χ3v) is 2.14. The zero-order valence-electron chi connectivity index (χ0n) is 9.66. The molecule has 0 aliphatic heterocycles. The minimum atomic E-state index is 0.632. The highest BCUT2D eigenvalue weighted by Crippen LogP contribution is 2.35. The van der Waals surface area contributed by atoms with Crippen LogP contribution in [0.4, 0.5) is 0 Å². The van der Waals surface area contributed by atoms with Crippen LogP contribution in [0.3, 0.4) is 0 Å². The number of hydrogen-bond acceptors (Lipinski definition) is 3. The summed E-state index contributed by atoms with van der Waals surface area (Å²) in [6.07, 6.45) is 3.88. The van der Waals surface area contributed by atoms with Crippen LogP contribution < -0.4 is 14.2 Å². The molecule has 3 nitrogen and oxygen atoms in total. The molecule has 0 saturated heterocycles. The molecule has 3 heteroatoms. The molecular formula is C13H16O3. The Bertz CT molecular complexity index is 346. The predicted molar refractivity (Wildman–Crippen MR) is 64.3 cm³/mol. The molecule has 0 fully saturated rings. The molecule has 16 heavy (non-hydrogen) atoms. The van der Waals surface area contributed by atoms with Crippen molar-refractivity contribution in [2.24, 2.45) is 0 Å². The Morgan fingerprint density at radius 3 is 2.19 bits per heavy atom. The van der Waals surface area contributed by atoms with Gasteiger partial charge in [0.25, 0.3) is 0 Å². The highest BCUT2D eigenvalue weighted by Gasteiger charge is 2.10. The summed E-state index contributed by atoms with van der Waals surface area (Å²) in [7, 11) is 3.19. The van der Waals surface area contributed by atoms with Gasteiger partial charge in [-0.2, -0.15) is 0 Å². The van der Waals surface area contributed by atoms with E-state index in [1.54, 1.807) is 26.4 Å². The lowest BCUT2D eigenvalue weighted by atomic mass is 10.1. The third kappa shape index (κ3) is 2.57. The summed E-state index contributed by atoms with van der Waals surface area (Å²) in [5, 5.41) is 0. The van der Waals surface area contributed by atoms with Crippen LogP contribution in [-0.4, -0.2) is 14.2 Å². The normalized spacial score (nSPS) is 9.38. The minimum absolute atomic E-state index is 0.632. The van der Waals surface area contributed by atoms with Crippen molar-refractivity contribution in [2.45, 2.75) is 6.42 Å². The molecule has 0 amide bonds. The summed E-state index contributed by atoms with van der Waals surface area (Å²) in [6, 6.07) is 3.65. The standard InChI is InChI=1S/C13H16O3/c1-5-7-10-8-12(14-3)13(15-4)9-11(10)16-6-2/h5-6,8-9H,1-2,7H2,3-4H3. The maximum absolute atomic E-state index is 5.31. The van der Waals surface area contributed by atoms with Crippen LogP contribution in [0.5, 0.6) is 17.2 Å². The van der Waals surface area contributed by atoms with Crippen LogP contribution in [-0.2, 0) is 6.42 Å². The molecule has 0 aliphatic rings. The number of rotatable bonds is 6. The van der Waals surface area contributed by atoms with Gasteiger partial charge in [0.1, 0.15) is 5.75 Å². The first-order chi connectivity index (χ1) is 7.76. The first-order valence-electron chi connectivity index (χ1n) is 4.90. The summed E-state index contributed by atoms with van der Waals surface area (Å²) in [5.41, 5.74) is 0.979. The second-order valence-electron chi connectivity index (χ2n) is 3.09. The minimum Gasteiger partial charge on any atom is -0.493 e. The van der Waals surface area contributed by atoms with Gasteiger partial charge in [0, 0.05) is 11.6 Å². The summed E-state index contributed by atoms with van der Waals surface area (Å²) in [4.78, 5) is 0. The Morgan fingerprint density at radius 2 is 1.69 bits per heavy atom. The molecule has 0 radical (unpaired) electrons. The lowest BCUT2D eigenvalue weighted by Gasteiger charge is -2.13. The molecule has 0 aliphatic carbocycles. The average molecular weight is 220 g/mol. The lowest BCUT2D eigenvalue weighted by molar-refractivity contribution is 0.351. The molecule has 0 N–H and O–H groups in total. The van der Waals surface area contributed by atoms with Crippen LogP contribution >= 0.6 is 0 Å². The molecule has 0 aromatic heterocycles. The van der Waals surface area contributed by atoms with Crippen LogP contribution in [0.25, 0.3) is 0 Å². The van der Waals surface area contributed by atoms with E-state index in [0.29, 0.717) is 23.7 Å². The van der Waals surface area contributed by atoms with Crippen molar-refractivity contribution in [3.63, 3.8) is 0 Å². The molecule has 0 atom stereocenters. The third-order valence-electron chi connectivity index (χ3n) is 2.14. The summed E-state index contributed by atoms with van der Waals surface area (Å²) in [6.45, 7) is 7.24. The number of hydrogen-bond donors (Lipinski definition) is 0. The quantitative estimate of drug-likeness (QED) is 0.545. The van der Waals surface area contributed by atoms with E-state index in [1.807, 2.05) is 6.07 Å². The van der Waals surface area contributed by atoms with E-state index in [0.717, 1.165) is 5.56 Å². The topological polar surface area (TPSA) is 27.7 Å². The van der Waals surface area contributed by atoms with E-state index in [4.69, 9.17) is 14.2 Å². The van der Waals surface area contributed by atoms with Crippen molar-refractivity contribution >= 4 is 0 Å². The largest absolute Gasteiger partial charge is 0.493 e. The van der Waals surface area contributed by atoms with Gasteiger partial charge in [0.15, 0.2) is 11.5 Å². The molecular weight excluding hydrogens is 204 g/mol. The second-order valence-corrected chi connectivity index (χ2v) is 3.09. The fourth-order valence-corrected chi connectivity index (χ4v) is 1.42. The number of ether oxygens (including phenoxy) is 3. The average Bonchev–Trinajstić information content (AvgIpc) is 2.31. The Kier molecular flexibility index (Phi) is 4.45. The van der Waals surface area contributed by atoms with Gasteiger partial charge < -0.3 is 14.2 Å². The fraction of sp³-hybridized carbons (Fsp3) is 0.231. The van der Waals surface area contributed by atoms with E-state index < -0.39 is 0 Å². The first kappa shape index (κ1) is 12.2. The predicted octanol–water partition coefficient (Wildman–Crippen LogP) is 2.95. The second kappa shape index (κ2) is 5.85. The zero-order valence-corrected chi connectivity index (χ0v) is 9.66. The Balaban J connectivity index is 3.22. The fourth-order valence-electron chi connectivity index (χ4n) is 1.42. The van der Waals surface area contributed by atoms with Crippen LogP contribution in [0.15, 0.2) is 37.6 Å². The number of allylic oxidation sites excluding steroid dienone is 1. The maximum atomic E-state index is 5.31. The SMILES string of the molecule is C=CCc1cc(OC)c(OC)cc1OC=C. The van der Waals surface area contributed by atoms with Crippen LogP contribution in [0.2, 0.25) is 0 Å². The zero-order chi connectivity index (χ0) is 12.0. The van der Waals surface area contributed by atoms with Crippen molar-refractivity contribution in [3.8, 4) is 17.2 Å². The molecule has 0 bridgehead atoms. The molecule has 0 spiro atoms. The van der Waals surface area contributed by atoms with Crippen molar-refractivity contribution in [1.29, 1.82) is 0 Å². The van der Waals surface area contributed by atoms with E-state index in [2.05, 4.69) is 13.2 Å². The van der Waals surface area contributed by atoms with E-state index >= 15 is 0 Å². The Hall–Kier alpha value is -1.90. The maximum Gasteiger partial charge on any atom is 0.164 e. The first-order valence-corrected chi connectivity index (χ1v) is 4.90. The molecule has 86 valence electrons.